The predicted molar refractivity (Wildman–Crippen MR) is 208 cm³/mol. The van der Waals surface area contributed by atoms with Crippen molar-refractivity contribution < 1.29 is 29.4 Å². The van der Waals surface area contributed by atoms with Gasteiger partial charge in [-0.15, -0.1) is 0 Å². The van der Waals surface area contributed by atoms with Crippen LogP contribution in [0.15, 0.2) is 107 Å². The second-order valence-corrected chi connectivity index (χ2v) is 15.2. The van der Waals surface area contributed by atoms with Gasteiger partial charge in [0.05, 0.1) is 56.6 Å². The molecular formula is C38H30Cl2N6O4S2+2. The third-order valence-corrected chi connectivity index (χ3v) is 11.3. The highest BCUT2D eigenvalue weighted by Crippen LogP contribution is 2.39. The number of aromatic nitrogens is 3. The number of rotatable bonds is 13. The van der Waals surface area contributed by atoms with Crippen LogP contribution in [0.2, 0.25) is 10.0 Å². The van der Waals surface area contributed by atoms with Crippen LogP contribution in [0.3, 0.4) is 0 Å². The Labute approximate surface area is 316 Å². The first-order valence-corrected chi connectivity index (χ1v) is 19.3. The number of aromatic hydroxyl groups is 2. The number of nitrogens with one attached hydrogen (secondary N) is 3. The Morgan fingerprint density at radius 1 is 0.769 bits per heavy atom. The maximum absolute atomic E-state index is 12.9. The van der Waals surface area contributed by atoms with E-state index in [1.807, 2.05) is 24.5 Å². The van der Waals surface area contributed by atoms with Crippen LogP contribution < -0.4 is 9.56 Å². The van der Waals surface area contributed by atoms with Crippen molar-refractivity contribution in [2.75, 3.05) is 18.1 Å². The maximum Gasteiger partial charge on any atom is 0.280 e. The average molecular weight is 770 g/mol. The predicted octanol–water partition coefficient (Wildman–Crippen LogP) is 5.96. The zero-order chi connectivity index (χ0) is 36.4. The SMILES string of the molecule is C=C/C(=C\C=[NH+]CCSSCC[n+]1ccc(C2=NC(=O)c3c(-c4ccc(Cl)cc4)[nH]c(O)c32)cc1)C1=NC(=O)c2c(-c3ccc(Cl)cc3)[nH]c(O)c21. The summed E-state index contributed by atoms with van der Waals surface area (Å²) in [5.41, 5.74) is 6.00. The van der Waals surface area contributed by atoms with E-state index < -0.39 is 11.8 Å². The fourth-order valence-electron chi connectivity index (χ4n) is 5.97. The minimum Gasteiger partial charge on any atom is -0.494 e. The summed E-state index contributed by atoms with van der Waals surface area (Å²) in [6.07, 6.45) is 9.04. The molecule has 0 atom stereocenters. The number of hydrogen-bond acceptors (Lipinski definition) is 6. The molecule has 0 saturated carbocycles. The molecule has 0 fully saturated rings. The number of carbonyl (C=O) groups excluding carboxylic acids is 2. The normalized spacial score (nSPS) is 13.8. The van der Waals surface area contributed by atoms with Crippen molar-refractivity contribution in [1.82, 2.24) is 9.97 Å². The molecule has 2 aliphatic heterocycles. The second kappa shape index (κ2) is 15.2. The van der Waals surface area contributed by atoms with Gasteiger partial charge in [-0.2, -0.15) is 0 Å². The van der Waals surface area contributed by atoms with E-state index in [4.69, 9.17) is 23.2 Å². The monoisotopic (exact) mass is 768 g/mol. The van der Waals surface area contributed by atoms with Gasteiger partial charge in [0.2, 0.25) is 0 Å². The van der Waals surface area contributed by atoms with E-state index in [-0.39, 0.29) is 11.8 Å². The molecule has 14 heteroatoms. The molecule has 5 heterocycles. The van der Waals surface area contributed by atoms with Crippen molar-refractivity contribution in [3.05, 3.63) is 135 Å². The summed E-state index contributed by atoms with van der Waals surface area (Å²) in [6.45, 7) is 5.37. The summed E-state index contributed by atoms with van der Waals surface area (Å²) in [4.78, 5) is 43.4. The van der Waals surface area contributed by atoms with E-state index in [9.17, 15) is 19.8 Å². The largest absolute Gasteiger partial charge is 0.494 e. The van der Waals surface area contributed by atoms with Gasteiger partial charge in [0, 0.05) is 39.4 Å². The quantitative estimate of drug-likeness (QED) is 0.0328. The van der Waals surface area contributed by atoms with Crippen LogP contribution in [0.5, 0.6) is 11.8 Å². The first-order chi connectivity index (χ1) is 25.2. The van der Waals surface area contributed by atoms with E-state index in [2.05, 4.69) is 36.1 Å². The molecule has 0 radical (unpaired) electrons. The van der Waals surface area contributed by atoms with Crippen LogP contribution in [-0.2, 0) is 6.54 Å². The smallest absolute Gasteiger partial charge is 0.280 e. The van der Waals surface area contributed by atoms with E-state index in [0.717, 1.165) is 29.2 Å². The molecule has 2 aromatic carbocycles. The minimum atomic E-state index is -0.436. The van der Waals surface area contributed by atoms with Crippen LogP contribution in [-0.4, -0.2) is 67.7 Å². The number of nitrogens with zero attached hydrogens (tertiary/aromatic N) is 3. The second-order valence-electron chi connectivity index (χ2n) is 11.7. The Morgan fingerprint density at radius 2 is 1.33 bits per heavy atom. The number of pyridine rings is 1. The molecular weight excluding hydrogens is 739 g/mol. The highest BCUT2D eigenvalue weighted by Gasteiger charge is 2.35. The first kappa shape index (κ1) is 35.3. The fraction of sp³-hybridized carbons (Fsp3) is 0.105. The summed E-state index contributed by atoms with van der Waals surface area (Å²) in [5, 5.41) is 22.6. The van der Waals surface area contributed by atoms with Gasteiger partial charge in [-0.1, -0.05) is 81.7 Å². The zero-order valence-electron chi connectivity index (χ0n) is 27.3. The van der Waals surface area contributed by atoms with Crippen LogP contribution in [0.25, 0.3) is 22.5 Å². The lowest BCUT2D eigenvalue weighted by molar-refractivity contribution is -0.692. The molecule has 5 N–H and O–H groups in total. The topological polar surface area (TPSA) is 149 Å². The summed E-state index contributed by atoms with van der Waals surface area (Å²) in [6, 6.07) is 17.8. The van der Waals surface area contributed by atoms with Gasteiger partial charge in [-0.3, -0.25) is 9.59 Å². The summed E-state index contributed by atoms with van der Waals surface area (Å²) in [5.74, 6) is 0.656. The molecule has 260 valence electrons. The van der Waals surface area contributed by atoms with Crippen molar-refractivity contribution in [1.29, 1.82) is 0 Å². The third kappa shape index (κ3) is 7.02. The molecule has 5 aromatic rings. The van der Waals surface area contributed by atoms with Crippen LogP contribution >= 0.6 is 44.8 Å². The number of amides is 2. The Bertz CT molecular complexity index is 2340. The van der Waals surface area contributed by atoms with E-state index in [1.54, 1.807) is 88.5 Å². The van der Waals surface area contributed by atoms with Crippen LogP contribution in [0, 0.1) is 0 Å². The highest BCUT2D eigenvalue weighted by molar-refractivity contribution is 8.76. The molecule has 0 unspecified atom stereocenters. The van der Waals surface area contributed by atoms with E-state index in [1.165, 1.54) is 0 Å². The van der Waals surface area contributed by atoms with Gasteiger partial charge in [0.1, 0.15) is 0 Å². The lowest BCUT2D eigenvalue weighted by atomic mass is 10.00. The number of H-pyrrole nitrogens is 2. The van der Waals surface area contributed by atoms with Crippen molar-refractivity contribution >= 4 is 74.2 Å². The molecule has 0 spiro atoms. The third-order valence-electron chi connectivity index (χ3n) is 8.44. The minimum absolute atomic E-state index is 0.0986. The number of aliphatic imine (C=N–C) groups is 2. The molecule has 52 heavy (non-hydrogen) atoms. The number of allylic oxidation sites excluding steroid dienone is 3. The molecule has 0 saturated heterocycles. The van der Waals surface area contributed by atoms with Crippen molar-refractivity contribution in [3.8, 4) is 34.3 Å². The lowest BCUT2D eigenvalue weighted by Crippen LogP contribution is -2.69. The van der Waals surface area contributed by atoms with Crippen molar-refractivity contribution in [2.24, 2.45) is 9.98 Å². The number of carbonyl (C=O) groups is 2. The van der Waals surface area contributed by atoms with Gasteiger partial charge in [0.15, 0.2) is 43.5 Å². The number of aryl methyl sites for hydroxylation is 1. The molecule has 0 aliphatic carbocycles. The van der Waals surface area contributed by atoms with E-state index in [0.29, 0.717) is 72.8 Å². The van der Waals surface area contributed by atoms with Gasteiger partial charge in [-0.05, 0) is 35.4 Å². The molecule has 2 aliphatic rings. The Kier molecular flexibility index (Phi) is 10.3. The number of aromatic amines is 2. The lowest BCUT2D eigenvalue weighted by Gasteiger charge is -2.02. The van der Waals surface area contributed by atoms with Crippen molar-refractivity contribution in [2.45, 2.75) is 6.54 Å². The van der Waals surface area contributed by atoms with Gasteiger partial charge in [0.25, 0.3) is 11.8 Å². The van der Waals surface area contributed by atoms with Crippen LogP contribution in [0.4, 0.5) is 0 Å². The molecule has 10 nitrogen and oxygen atoms in total. The highest BCUT2D eigenvalue weighted by atomic mass is 35.5. The standard InChI is InChI=1S/C38H28Cl2N6O4S2/c1-2-21(31-27-28(36(48)42-31)32(43-35(27)47)22-3-7-25(39)8-4-22)11-14-41-15-19-51-52-20-18-46-16-12-24(13-17-46)34-30-29(37(49)45-34)33(44-38(30)50)23-5-9-26(40)10-6-23/h2-14,16-17H,1,15,18-20H2,(H3,41,42,43,44,45,47,48,49,50)/p+2. The Morgan fingerprint density at radius 3 is 1.94 bits per heavy atom. The summed E-state index contributed by atoms with van der Waals surface area (Å²) >= 11 is 12.0. The maximum atomic E-state index is 12.9. The summed E-state index contributed by atoms with van der Waals surface area (Å²) in [7, 11) is 3.50. The van der Waals surface area contributed by atoms with E-state index >= 15 is 0 Å². The Hall–Kier alpha value is -5.14. The van der Waals surface area contributed by atoms with Gasteiger partial charge in [-0.25, -0.2) is 19.5 Å². The number of benzene rings is 2. The molecule has 2 amide bonds. The molecule has 7 rings (SSSR count). The molecule has 3 aromatic heterocycles. The number of fused-ring (bicyclic) bond motifs is 2. The van der Waals surface area contributed by atoms with Gasteiger partial charge < -0.3 is 20.2 Å². The number of hydrogen-bond donors (Lipinski definition) is 5. The van der Waals surface area contributed by atoms with Crippen LogP contribution in [0.1, 0.15) is 37.4 Å². The fourth-order valence-corrected chi connectivity index (χ4v) is 8.13. The van der Waals surface area contributed by atoms with Crippen molar-refractivity contribution in [3.63, 3.8) is 0 Å². The Balaban J connectivity index is 0.888. The number of halogens is 2. The average Bonchev–Trinajstić information content (AvgIpc) is 3.88. The van der Waals surface area contributed by atoms with Gasteiger partial charge >= 0.3 is 0 Å². The first-order valence-electron chi connectivity index (χ1n) is 16.1. The zero-order valence-corrected chi connectivity index (χ0v) is 30.5. The molecule has 0 bridgehead atoms. The summed E-state index contributed by atoms with van der Waals surface area (Å²) < 4.78 is 2.06.